The van der Waals surface area contributed by atoms with Crippen LogP contribution in [0, 0.1) is 0 Å². The third-order valence-electron chi connectivity index (χ3n) is 2.49. The van der Waals surface area contributed by atoms with E-state index < -0.39 is 0 Å². The fraction of sp³-hybridized carbons (Fsp3) is 0.273. The summed E-state index contributed by atoms with van der Waals surface area (Å²) in [6.07, 6.45) is 0.362. The average Bonchev–Trinajstić information content (AvgIpc) is 2.59. The van der Waals surface area contributed by atoms with Crippen molar-refractivity contribution in [3.05, 3.63) is 29.6 Å². The van der Waals surface area contributed by atoms with Crippen LogP contribution in [0.2, 0.25) is 0 Å². The smallest absolute Gasteiger partial charge is 0.128 e. The third kappa shape index (κ3) is 1.29. The minimum absolute atomic E-state index is 0.362. The molecule has 1 aromatic heterocycles. The highest BCUT2D eigenvalue weighted by molar-refractivity contribution is 7.17. The van der Waals surface area contributed by atoms with Crippen LogP contribution in [0.3, 0.4) is 0 Å². The number of rotatable bonds is 2. The monoisotopic (exact) mass is 205 g/mol. The van der Waals surface area contributed by atoms with Crippen molar-refractivity contribution in [3.63, 3.8) is 0 Å². The molecule has 3 heteroatoms. The van der Waals surface area contributed by atoms with Gasteiger partial charge in [-0.25, -0.2) is 0 Å². The van der Waals surface area contributed by atoms with Gasteiger partial charge in [0.2, 0.25) is 0 Å². The lowest BCUT2D eigenvalue weighted by Gasteiger charge is -2.28. The molecule has 0 bridgehead atoms. The van der Waals surface area contributed by atoms with Crippen molar-refractivity contribution < 1.29 is 4.74 Å². The van der Waals surface area contributed by atoms with E-state index in [1.54, 1.807) is 11.3 Å². The van der Waals surface area contributed by atoms with Crippen LogP contribution in [0.4, 0.5) is 0 Å². The Morgan fingerprint density at radius 3 is 3.00 bits per heavy atom. The molecule has 0 aliphatic carbocycles. The van der Waals surface area contributed by atoms with Crippen molar-refractivity contribution in [1.82, 2.24) is 5.32 Å². The number of ether oxygens (including phenoxy) is 1. The molecule has 72 valence electrons. The summed E-state index contributed by atoms with van der Waals surface area (Å²) in [6.45, 7) is 1.95. The van der Waals surface area contributed by atoms with Gasteiger partial charge in [0.15, 0.2) is 0 Å². The lowest BCUT2D eigenvalue weighted by molar-refractivity contribution is 0.144. The zero-order valence-electron chi connectivity index (χ0n) is 7.69. The van der Waals surface area contributed by atoms with Crippen molar-refractivity contribution in [3.8, 4) is 5.75 Å². The van der Waals surface area contributed by atoms with Crippen LogP contribution >= 0.6 is 11.3 Å². The lowest BCUT2D eigenvalue weighted by Crippen LogP contribution is -2.50. The van der Waals surface area contributed by atoms with E-state index in [-0.39, 0.29) is 0 Å². The first kappa shape index (κ1) is 8.26. The molecule has 2 aromatic rings. The Kier molecular flexibility index (Phi) is 1.92. The minimum Gasteiger partial charge on any atom is -0.487 e. The number of hydrogen-bond acceptors (Lipinski definition) is 3. The maximum Gasteiger partial charge on any atom is 0.128 e. The summed E-state index contributed by atoms with van der Waals surface area (Å²) in [6, 6.07) is 8.36. The molecule has 1 aliphatic heterocycles. The van der Waals surface area contributed by atoms with Crippen LogP contribution in [-0.4, -0.2) is 19.2 Å². The Bertz CT molecular complexity index is 447. The molecule has 0 amide bonds. The maximum atomic E-state index is 5.87. The van der Waals surface area contributed by atoms with E-state index >= 15 is 0 Å². The van der Waals surface area contributed by atoms with Gasteiger partial charge in [-0.2, -0.15) is 0 Å². The van der Waals surface area contributed by atoms with Crippen LogP contribution in [0.1, 0.15) is 0 Å². The first-order chi connectivity index (χ1) is 6.93. The standard InChI is InChI=1S/C11H11NOS/c1-2-10(13-8-6-12-7-8)9-4-5-14-11(9)3-1/h1-5,8,12H,6-7H2. The molecule has 0 atom stereocenters. The lowest BCUT2D eigenvalue weighted by atomic mass is 10.2. The summed E-state index contributed by atoms with van der Waals surface area (Å²) in [7, 11) is 0. The minimum atomic E-state index is 0.362. The first-order valence-electron chi connectivity index (χ1n) is 4.77. The second-order valence-corrected chi connectivity index (χ2v) is 4.43. The van der Waals surface area contributed by atoms with Gasteiger partial charge in [-0.05, 0) is 23.6 Å². The summed E-state index contributed by atoms with van der Waals surface area (Å²) in [5.74, 6) is 1.02. The van der Waals surface area contributed by atoms with Gasteiger partial charge in [-0.3, -0.25) is 0 Å². The summed E-state index contributed by atoms with van der Waals surface area (Å²) in [5.41, 5.74) is 0. The quantitative estimate of drug-likeness (QED) is 0.812. The molecular weight excluding hydrogens is 194 g/mol. The van der Waals surface area contributed by atoms with Gasteiger partial charge in [-0.15, -0.1) is 11.3 Å². The molecule has 1 fully saturated rings. The van der Waals surface area contributed by atoms with E-state index in [1.165, 1.54) is 10.1 Å². The Balaban J connectivity index is 1.97. The topological polar surface area (TPSA) is 21.3 Å². The van der Waals surface area contributed by atoms with Gasteiger partial charge >= 0.3 is 0 Å². The van der Waals surface area contributed by atoms with Crippen LogP contribution in [-0.2, 0) is 0 Å². The summed E-state index contributed by atoms with van der Waals surface area (Å²) < 4.78 is 7.17. The Labute approximate surface area is 86.5 Å². The van der Waals surface area contributed by atoms with Gasteiger partial charge < -0.3 is 10.1 Å². The first-order valence-corrected chi connectivity index (χ1v) is 5.65. The molecule has 1 aromatic carbocycles. The highest BCUT2D eigenvalue weighted by Crippen LogP contribution is 2.30. The van der Waals surface area contributed by atoms with E-state index in [2.05, 4.69) is 28.9 Å². The van der Waals surface area contributed by atoms with Gasteiger partial charge in [0.1, 0.15) is 11.9 Å². The van der Waals surface area contributed by atoms with Crippen molar-refractivity contribution >= 4 is 21.4 Å². The van der Waals surface area contributed by atoms with Crippen LogP contribution < -0.4 is 10.1 Å². The fourth-order valence-electron chi connectivity index (χ4n) is 1.59. The summed E-state index contributed by atoms with van der Waals surface area (Å²) in [5, 5.41) is 6.55. The number of hydrogen-bond donors (Lipinski definition) is 1. The third-order valence-corrected chi connectivity index (χ3v) is 3.38. The van der Waals surface area contributed by atoms with Gasteiger partial charge in [-0.1, -0.05) is 6.07 Å². The second kappa shape index (κ2) is 3.26. The molecule has 2 heterocycles. The fourth-order valence-corrected chi connectivity index (χ4v) is 2.40. The van der Waals surface area contributed by atoms with E-state index in [4.69, 9.17) is 4.74 Å². The Hall–Kier alpha value is -1.06. The van der Waals surface area contributed by atoms with Crippen LogP contribution in [0.25, 0.3) is 10.1 Å². The zero-order valence-corrected chi connectivity index (χ0v) is 8.51. The molecule has 1 saturated heterocycles. The Morgan fingerprint density at radius 1 is 1.29 bits per heavy atom. The molecule has 0 saturated carbocycles. The molecular formula is C11H11NOS. The number of thiophene rings is 1. The molecule has 3 rings (SSSR count). The SMILES string of the molecule is c1cc(OC2CNC2)c2ccsc2c1. The normalized spacial score (nSPS) is 16.9. The average molecular weight is 205 g/mol. The number of fused-ring (bicyclic) bond motifs is 1. The van der Waals surface area contributed by atoms with Gasteiger partial charge in [0.25, 0.3) is 0 Å². The highest BCUT2D eigenvalue weighted by atomic mass is 32.1. The highest BCUT2D eigenvalue weighted by Gasteiger charge is 2.19. The van der Waals surface area contributed by atoms with E-state index in [0.717, 1.165) is 18.8 Å². The van der Waals surface area contributed by atoms with Gasteiger partial charge in [0, 0.05) is 23.2 Å². The predicted molar refractivity (Wildman–Crippen MR) is 59.1 cm³/mol. The van der Waals surface area contributed by atoms with Crippen molar-refractivity contribution in [1.29, 1.82) is 0 Å². The summed E-state index contributed by atoms with van der Waals surface area (Å²) >= 11 is 1.76. The largest absolute Gasteiger partial charge is 0.487 e. The molecule has 14 heavy (non-hydrogen) atoms. The van der Waals surface area contributed by atoms with Crippen molar-refractivity contribution in [2.75, 3.05) is 13.1 Å². The molecule has 0 spiro atoms. The second-order valence-electron chi connectivity index (χ2n) is 3.49. The number of benzene rings is 1. The van der Waals surface area contributed by atoms with E-state index in [0.29, 0.717) is 6.10 Å². The van der Waals surface area contributed by atoms with Gasteiger partial charge in [0.05, 0.1) is 0 Å². The van der Waals surface area contributed by atoms with Crippen LogP contribution in [0.15, 0.2) is 29.6 Å². The zero-order chi connectivity index (χ0) is 9.38. The van der Waals surface area contributed by atoms with E-state index in [1.807, 2.05) is 6.07 Å². The summed E-state index contributed by atoms with van der Waals surface area (Å²) in [4.78, 5) is 0. The Morgan fingerprint density at radius 2 is 2.21 bits per heavy atom. The van der Waals surface area contributed by atoms with Crippen molar-refractivity contribution in [2.24, 2.45) is 0 Å². The maximum absolute atomic E-state index is 5.87. The molecule has 2 nitrogen and oxygen atoms in total. The molecule has 0 radical (unpaired) electrons. The molecule has 1 aliphatic rings. The predicted octanol–water partition coefficient (Wildman–Crippen LogP) is 2.25. The van der Waals surface area contributed by atoms with Crippen molar-refractivity contribution in [2.45, 2.75) is 6.10 Å². The number of nitrogens with one attached hydrogen (secondary N) is 1. The molecule has 1 N–H and O–H groups in total. The van der Waals surface area contributed by atoms with Crippen LogP contribution in [0.5, 0.6) is 5.75 Å². The van der Waals surface area contributed by atoms with E-state index in [9.17, 15) is 0 Å². The molecule has 0 unspecified atom stereocenters.